The van der Waals surface area contributed by atoms with Crippen molar-refractivity contribution in [1.29, 1.82) is 0 Å². The second-order valence-electron chi connectivity index (χ2n) is 9.42. The van der Waals surface area contributed by atoms with E-state index in [0.29, 0.717) is 11.6 Å². The lowest BCUT2D eigenvalue weighted by Crippen LogP contribution is -2.54. The van der Waals surface area contributed by atoms with E-state index in [1.54, 1.807) is 11.7 Å². The van der Waals surface area contributed by atoms with Gasteiger partial charge >= 0.3 is 6.03 Å². The van der Waals surface area contributed by atoms with Crippen LogP contribution in [0.1, 0.15) is 34.5 Å². The van der Waals surface area contributed by atoms with E-state index in [0.717, 1.165) is 87.5 Å². The number of rotatable bonds is 3. The monoisotopic (exact) mass is 467 g/mol. The predicted molar refractivity (Wildman–Crippen MR) is 128 cm³/mol. The topological polar surface area (TPSA) is 112 Å². The fraction of sp³-hybridized carbons (Fsp3) is 0.609. The van der Waals surface area contributed by atoms with Crippen molar-refractivity contribution >= 4 is 17.9 Å². The Balaban J connectivity index is 1.25. The van der Waals surface area contributed by atoms with Crippen LogP contribution in [-0.2, 0) is 19.9 Å². The maximum absolute atomic E-state index is 12.9. The second-order valence-corrected chi connectivity index (χ2v) is 9.42. The van der Waals surface area contributed by atoms with Gasteiger partial charge in [-0.2, -0.15) is 5.10 Å². The van der Waals surface area contributed by atoms with Gasteiger partial charge in [-0.3, -0.25) is 9.48 Å². The third-order valence-corrected chi connectivity index (χ3v) is 7.19. The van der Waals surface area contributed by atoms with Crippen LogP contribution < -0.4 is 10.6 Å². The number of nitrogens with zero attached hydrogens (tertiary/aromatic N) is 7. The van der Waals surface area contributed by atoms with Crippen molar-refractivity contribution in [3.05, 3.63) is 23.0 Å². The summed E-state index contributed by atoms with van der Waals surface area (Å²) in [6, 6.07) is 0.373. The van der Waals surface area contributed by atoms with Crippen LogP contribution in [0, 0.1) is 0 Å². The van der Waals surface area contributed by atoms with E-state index in [9.17, 15) is 9.59 Å². The van der Waals surface area contributed by atoms with Gasteiger partial charge in [-0.1, -0.05) is 0 Å². The predicted octanol–water partition coefficient (Wildman–Crippen LogP) is 0.579. The van der Waals surface area contributed by atoms with E-state index in [-0.39, 0.29) is 18.0 Å². The smallest absolute Gasteiger partial charge is 0.320 e. The number of amides is 3. The number of piperazine rings is 1. The van der Waals surface area contributed by atoms with Crippen LogP contribution in [0.5, 0.6) is 0 Å². The van der Waals surface area contributed by atoms with Crippen molar-refractivity contribution in [2.75, 3.05) is 58.7 Å². The van der Waals surface area contributed by atoms with E-state index in [2.05, 4.69) is 32.7 Å². The first-order valence-electron chi connectivity index (χ1n) is 12.1. The summed E-state index contributed by atoms with van der Waals surface area (Å²) in [7, 11) is 5.56. The number of urea groups is 1. The van der Waals surface area contributed by atoms with Gasteiger partial charge in [0, 0.05) is 71.2 Å². The highest BCUT2D eigenvalue weighted by molar-refractivity contribution is 5.95. The van der Waals surface area contributed by atoms with E-state index in [1.807, 2.05) is 23.0 Å². The number of carbonyl (C=O) groups is 2. The fourth-order valence-corrected chi connectivity index (χ4v) is 5.12. The normalized spacial score (nSPS) is 18.9. The van der Waals surface area contributed by atoms with Crippen LogP contribution in [0.4, 0.5) is 10.7 Å². The molecule has 0 bridgehead atoms. The first kappa shape index (κ1) is 22.6. The molecule has 2 aromatic heterocycles. The highest BCUT2D eigenvalue weighted by Crippen LogP contribution is 2.34. The molecule has 11 nitrogen and oxygen atoms in total. The van der Waals surface area contributed by atoms with Gasteiger partial charge in [-0.05, 0) is 38.3 Å². The number of hydrogen-bond acceptors (Lipinski definition) is 7. The number of aryl methyl sites for hydroxylation is 2. The molecule has 0 radical (unpaired) electrons. The van der Waals surface area contributed by atoms with Gasteiger partial charge in [0.2, 0.25) is 5.95 Å². The van der Waals surface area contributed by atoms with E-state index >= 15 is 0 Å². The summed E-state index contributed by atoms with van der Waals surface area (Å²) in [5.41, 5.74) is 4.20. The molecular formula is C23H33N9O2. The molecule has 1 aliphatic carbocycles. The highest BCUT2D eigenvalue weighted by atomic mass is 16.2. The molecule has 2 aromatic rings. The molecule has 2 fully saturated rings. The molecule has 0 unspecified atom stereocenters. The van der Waals surface area contributed by atoms with Crippen molar-refractivity contribution in [3.8, 4) is 11.4 Å². The molecule has 0 saturated carbocycles. The van der Waals surface area contributed by atoms with Crippen LogP contribution in [0.3, 0.4) is 0 Å². The molecular weight excluding hydrogens is 434 g/mol. The van der Waals surface area contributed by atoms with Crippen molar-refractivity contribution < 1.29 is 9.59 Å². The minimum atomic E-state index is -0.175. The number of nitrogens with one attached hydrogen (secondary N) is 2. The molecule has 3 aliphatic rings. The zero-order valence-electron chi connectivity index (χ0n) is 20.2. The summed E-state index contributed by atoms with van der Waals surface area (Å²) < 4.78 is 1.75. The second kappa shape index (κ2) is 9.21. The number of likely N-dealkylation sites (tertiary alicyclic amines) is 1. The van der Waals surface area contributed by atoms with E-state index in [4.69, 9.17) is 4.98 Å². The molecule has 182 valence electrons. The Morgan fingerprint density at radius 3 is 2.41 bits per heavy atom. The molecule has 2 N–H and O–H groups in total. The number of aromatic nitrogens is 4. The van der Waals surface area contributed by atoms with Crippen LogP contribution >= 0.6 is 0 Å². The third-order valence-electron chi connectivity index (χ3n) is 7.19. The quantitative estimate of drug-likeness (QED) is 0.679. The van der Waals surface area contributed by atoms with Gasteiger partial charge < -0.3 is 25.3 Å². The van der Waals surface area contributed by atoms with Crippen LogP contribution in [0.2, 0.25) is 0 Å². The van der Waals surface area contributed by atoms with Gasteiger partial charge in [0.1, 0.15) is 0 Å². The largest absolute Gasteiger partial charge is 0.354 e. The number of hydrogen-bond donors (Lipinski definition) is 2. The molecule has 3 amide bonds. The van der Waals surface area contributed by atoms with Crippen molar-refractivity contribution in [1.82, 2.24) is 39.8 Å². The van der Waals surface area contributed by atoms with E-state index in [1.165, 1.54) is 0 Å². The van der Waals surface area contributed by atoms with Crippen LogP contribution in [0.15, 0.2) is 6.20 Å². The standard InChI is InChI=1S/C23H33N9O2/c1-24-21(33)19-17-5-4-15-14-25-22(27-18(15)20(17)30(3)28-19)26-16-6-8-31(9-7-16)23(34)32-12-10-29(2)11-13-32/h14,16H,4-13H2,1-3H3,(H,24,33)(H,25,26,27). The molecule has 2 aliphatic heterocycles. The van der Waals surface area contributed by atoms with Gasteiger partial charge in [-0.15, -0.1) is 0 Å². The average Bonchev–Trinajstić information content (AvgIpc) is 3.21. The Bertz CT molecular complexity index is 1080. The lowest BCUT2D eigenvalue weighted by molar-refractivity contribution is 0.0956. The van der Waals surface area contributed by atoms with E-state index < -0.39 is 0 Å². The number of likely N-dealkylation sites (N-methyl/N-ethyl adjacent to an activating group) is 1. The zero-order valence-corrected chi connectivity index (χ0v) is 20.2. The number of piperidine rings is 1. The van der Waals surface area contributed by atoms with Crippen LogP contribution in [0.25, 0.3) is 11.4 Å². The third kappa shape index (κ3) is 4.20. The molecule has 34 heavy (non-hydrogen) atoms. The molecule has 0 atom stereocenters. The van der Waals surface area contributed by atoms with Gasteiger partial charge in [0.15, 0.2) is 5.69 Å². The lowest BCUT2D eigenvalue weighted by atomic mass is 9.93. The summed E-state index contributed by atoms with van der Waals surface area (Å²) in [6.07, 6.45) is 5.13. The van der Waals surface area contributed by atoms with Gasteiger partial charge in [0.05, 0.1) is 11.4 Å². The minimum Gasteiger partial charge on any atom is -0.354 e. The summed E-state index contributed by atoms with van der Waals surface area (Å²) in [5, 5.41) is 10.6. The van der Waals surface area contributed by atoms with Gasteiger partial charge in [0.25, 0.3) is 5.91 Å². The maximum Gasteiger partial charge on any atom is 0.320 e. The number of fused-ring (bicyclic) bond motifs is 3. The molecule has 0 spiro atoms. The Labute approximate surface area is 199 Å². The van der Waals surface area contributed by atoms with Crippen molar-refractivity contribution in [3.63, 3.8) is 0 Å². The summed E-state index contributed by atoms with van der Waals surface area (Å²) >= 11 is 0. The zero-order chi connectivity index (χ0) is 23.8. The van der Waals surface area contributed by atoms with Crippen LogP contribution in [-0.4, -0.2) is 106 Å². The Kier molecular flexibility index (Phi) is 6.11. The number of carbonyl (C=O) groups excluding carboxylic acids is 2. The van der Waals surface area contributed by atoms with Gasteiger partial charge in [-0.25, -0.2) is 14.8 Å². The minimum absolute atomic E-state index is 0.159. The Morgan fingerprint density at radius 1 is 1.00 bits per heavy atom. The number of anilines is 1. The lowest BCUT2D eigenvalue weighted by Gasteiger charge is -2.39. The average molecular weight is 468 g/mol. The first-order chi connectivity index (χ1) is 16.4. The molecule has 2 saturated heterocycles. The summed E-state index contributed by atoms with van der Waals surface area (Å²) in [6.45, 7) is 4.93. The maximum atomic E-state index is 12.9. The Morgan fingerprint density at radius 2 is 1.71 bits per heavy atom. The summed E-state index contributed by atoms with van der Waals surface area (Å²) in [4.78, 5) is 40.7. The Hall–Kier alpha value is -3.21. The molecule has 5 rings (SSSR count). The van der Waals surface area contributed by atoms with Crippen molar-refractivity contribution in [2.45, 2.75) is 31.7 Å². The SMILES string of the molecule is CNC(=O)c1nn(C)c2c1CCc1cnc(NC3CCN(C(=O)N4CCN(C)CC4)CC3)nc1-2. The molecule has 0 aromatic carbocycles. The highest BCUT2D eigenvalue weighted by Gasteiger charge is 2.30. The molecule has 4 heterocycles. The fourth-order valence-electron chi connectivity index (χ4n) is 5.12. The summed E-state index contributed by atoms with van der Waals surface area (Å²) in [5.74, 6) is 0.406. The van der Waals surface area contributed by atoms with Crippen molar-refractivity contribution in [2.24, 2.45) is 7.05 Å². The molecule has 11 heteroatoms. The first-order valence-corrected chi connectivity index (χ1v) is 12.1.